The van der Waals surface area contributed by atoms with Crippen LogP contribution >= 0.6 is 0 Å². The van der Waals surface area contributed by atoms with Gasteiger partial charge < -0.3 is 10.4 Å². The van der Waals surface area contributed by atoms with E-state index in [-0.39, 0.29) is 30.2 Å². The molecule has 0 fully saturated rings. The summed E-state index contributed by atoms with van der Waals surface area (Å²) in [6.45, 7) is 1.81. The number of hydrogen-bond acceptors (Lipinski definition) is 4. The van der Waals surface area contributed by atoms with Gasteiger partial charge in [0.15, 0.2) is 0 Å². The molecule has 1 rings (SSSR count). The molecule has 1 amide bonds. The summed E-state index contributed by atoms with van der Waals surface area (Å²) >= 11 is 0. The van der Waals surface area contributed by atoms with Crippen LogP contribution in [-0.4, -0.2) is 31.9 Å². The molecule has 0 spiro atoms. The molecule has 21 heavy (non-hydrogen) atoms. The minimum atomic E-state index is -3.64. The Balaban J connectivity index is 2.58. The van der Waals surface area contributed by atoms with Gasteiger partial charge in [0.05, 0.1) is 4.90 Å². The van der Waals surface area contributed by atoms with E-state index in [4.69, 9.17) is 5.11 Å². The van der Waals surface area contributed by atoms with Gasteiger partial charge >= 0.3 is 5.97 Å². The lowest BCUT2D eigenvalue weighted by molar-refractivity contribution is -0.137. The van der Waals surface area contributed by atoms with Crippen LogP contribution in [0.3, 0.4) is 0 Å². The van der Waals surface area contributed by atoms with E-state index >= 15 is 0 Å². The Labute approximate surface area is 123 Å². The van der Waals surface area contributed by atoms with Gasteiger partial charge in [-0.2, -0.15) is 0 Å². The van der Waals surface area contributed by atoms with Gasteiger partial charge in [0.2, 0.25) is 15.9 Å². The van der Waals surface area contributed by atoms with E-state index in [1.165, 1.54) is 19.1 Å². The highest BCUT2D eigenvalue weighted by Crippen LogP contribution is 2.10. The first-order chi connectivity index (χ1) is 9.81. The van der Waals surface area contributed by atoms with Gasteiger partial charge in [0, 0.05) is 26.4 Å². The van der Waals surface area contributed by atoms with Gasteiger partial charge in [0.1, 0.15) is 0 Å². The summed E-state index contributed by atoms with van der Waals surface area (Å²) in [5.74, 6) is -1.12. The fourth-order valence-corrected chi connectivity index (χ4v) is 2.62. The molecule has 0 unspecified atom stereocenters. The summed E-state index contributed by atoms with van der Waals surface area (Å²) in [4.78, 5) is 21.2. The zero-order chi connectivity index (χ0) is 15.9. The Hall–Kier alpha value is -1.93. The number of rotatable bonds is 8. The number of carboxylic acid groups (broad SMARTS) is 1. The van der Waals surface area contributed by atoms with Crippen molar-refractivity contribution in [2.24, 2.45) is 0 Å². The average Bonchev–Trinajstić information content (AvgIpc) is 2.41. The molecule has 0 aliphatic rings. The van der Waals surface area contributed by atoms with E-state index in [0.29, 0.717) is 6.54 Å². The van der Waals surface area contributed by atoms with Crippen LogP contribution in [0.5, 0.6) is 0 Å². The van der Waals surface area contributed by atoms with Crippen molar-refractivity contribution in [1.29, 1.82) is 0 Å². The number of benzene rings is 1. The van der Waals surface area contributed by atoms with Crippen LogP contribution in [0.4, 0.5) is 0 Å². The molecule has 0 radical (unpaired) electrons. The van der Waals surface area contributed by atoms with E-state index in [9.17, 15) is 18.0 Å². The molecular weight excluding hydrogens is 296 g/mol. The van der Waals surface area contributed by atoms with E-state index in [2.05, 4.69) is 10.0 Å². The molecule has 0 saturated carbocycles. The summed E-state index contributed by atoms with van der Waals surface area (Å²) < 4.78 is 26.2. The predicted molar refractivity (Wildman–Crippen MR) is 76.0 cm³/mol. The fourth-order valence-electron chi connectivity index (χ4n) is 1.54. The van der Waals surface area contributed by atoms with Crippen LogP contribution in [0.1, 0.15) is 25.3 Å². The van der Waals surface area contributed by atoms with Gasteiger partial charge in [-0.3, -0.25) is 9.59 Å². The van der Waals surface area contributed by atoms with Crippen molar-refractivity contribution >= 4 is 21.9 Å². The van der Waals surface area contributed by atoms with E-state index < -0.39 is 16.0 Å². The van der Waals surface area contributed by atoms with Crippen molar-refractivity contribution in [1.82, 2.24) is 10.0 Å². The molecule has 3 N–H and O–H groups in total. The number of carboxylic acids is 1. The number of sulfonamides is 1. The summed E-state index contributed by atoms with van der Waals surface area (Å²) in [6.07, 6.45) is 0.146. The molecule has 1 aromatic carbocycles. The van der Waals surface area contributed by atoms with E-state index in [0.717, 1.165) is 5.56 Å². The van der Waals surface area contributed by atoms with Crippen LogP contribution in [0.25, 0.3) is 0 Å². The number of carbonyl (C=O) groups is 2. The Morgan fingerprint density at radius 2 is 1.81 bits per heavy atom. The Kier molecular flexibility index (Phi) is 6.32. The van der Waals surface area contributed by atoms with Gasteiger partial charge in [-0.05, 0) is 24.1 Å². The monoisotopic (exact) mass is 314 g/mol. The number of aliphatic carboxylic acids is 1. The zero-order valence-corrected chi connectivity index (χ0v) is 12.4. The number of hydrogen-bond donors (Lipinski definition) is 3. The maximum absolute atomic E-state index is 11.9. The van der Waals surface area contributed by atoms with E-state index in [1.807, 2.05) is 0 Å². The quantitative estimate of drug-likeness (QED) is 0.604. The molecule has 0 atom stereocenters. The molecule has 0 saturated heterocycles. The molecular formula is C13H18N2O5S. The highest BCUT2D eigenvalue weighted by molar-refractivity contribution is 7.89. The van der Waals surface area contributed by atoms with Gasteiger partial charge in [0.25, 0.3) is 0 Å². The minimum absolute atomic E-state index is 0.0717. The molecule has 0 aliphatic heterocycles. The second-order valence-corrected chi connectivity index (χ2v) is 6.22. The Morgan fingerprint density at radius 1 is 1.19 bits per heavy atom. The third kappa shape index (κ3) is 6.37. The number of amides is 1. The SMILES string of the molecule is CC(=O)NCc1ccc(S(=O)(=O)NCCCC(=O)O)cc1. The van der Waals surface area contributed by atoms with Crippen molar-refractivity contribution in [2.45, 2.75) is 31.2 Å². The van der Waals surface area contributed by atoms with Crippen LogP contribution in [0, 0.1) is 0 Å². The highest BCUT2D eigenvalue weighted by atomic mass is 32.2. The normalized spacial score (nSPS) is 11.1. The standard InChI is InChI=1S/C13H18N2O5S/c1-10(16)14-9-11-4-6-12(7-5-11)21(19,20)15-8-2-3-13(17)18/h4-7,15H,2-3,8-9H2,1H3,(H,14,16)(H,17,18). The van der Waals surface area contributed by atoms with Crippen molar-refractivity contribution < 1.29 is 23.1 Å². The topological polar surface area (TPSA) is 113 Å². The number of nitrogens with one attached hydrogen (secondary N) is 2. The Morgan fingerprint density at radius 3 is 2.33 bits per heavy atom. The van der Waals surface area contributed by atoms with Crippen molar-refractivity contribution in [2.75, 3.05) is 6.54 Å². The van der Waals surface area contributed by atoms with Crippen LogP contribution < -0.4 is 10.0 Å². The van der Waals surface area contributed by atoms with Crippen molar-refractivity contribution in [3.8, 4) is 0 Å². The third-order valence-electron chi connectivity index (χ3n) is 2.63. The molecule has 0 bridgehead atoms. The lowest BCUT2D eigenvalue weighted by Crippen LogP contribution is -2.25. The van der Waals surface area contributed by atoms with Crippen LogP contribution in [-0.2, 0) is 26.2 Å². The largest absolute Gasteiger partial charge is 0.481 e. The first-order valence-corrected chi connectivity index (χ1v) is 7.84. The third-order valence-corrected chi connectivity index (χ3v) is 4.11. The first-order valence-electron chi connectivity index (χ1n) is 6.36. The molecule has 0 aliphatic carbocycles. The summed E-state index contributed by atoms with van der Waals surface area (Å²) in [5, 5.41) is 11.1. The molecule has 7 nitrogen and oxygen atoms in total. The highest BCUT2D eigenvalue weighted by Gasteiger charge is 2.13. The first kappa shape index (κ1) is 17.1. The fraction of sp³-hybridized carbons (Fsp3) is 0.385. The summed E-state index contributed by atoms with van der Waals surface area (Å²) in [7, 11) is -3.64. The van der Waals surface area contributed by atoms with E-state index in [1.54, 1.807) is 12.1 Å². The van der Waals surface area contributed by atoms with Gasteiger partial charge in [-0.1, -0.05) is 12.1 Å². The van der Waals surface area contributed by atoms with Crippen LogP contribution in [0.2, 0.25) is 0 Å². The van der Waals surface area contributed by atoms with Gasteiger partial charge in [-0.25, -0.2) is 13.1 Å². The van der Waals surface area contributed by atoms with Crippen LogP contribution in [0.15, 0.2) is 29.2 Å². The van der Waals surface area contributed by atoms with Gasteiger partial charge in [-0.15, -0.1) is 0 Å². The summed E-state index contributed by atoms with van der Waals surface area (Å²) in [5.41, 5.74) is 0.787. The smallest absolute Gasteiger partial charge is 0.303 e. The lowest BCUT2D eigenvalue weighted by Gasteiger charge is -2.07. The average molecular weight is 314 g/mol. The lowest BCUT2D eigenvalue weighted by atomic mass is 10.2. The zero-order valence-electron chi connectivity index (χ0n) is 11.6. The molecule has 0 aromatic heterocycles. The second kappa shape index (κ2) is 7.75. The minimum Gasteiger partial charge on any atom is -0.481 e. The maximum atomic E-state index is 11.9. The molecule has 0 heterocycles. The maximum Gasteiger partial charge on any atom is 0.303 e. The van der Waals surface area contributed by atoms with Crippen molar-refractivity contribution in [3.63, 3.8) is 0 Å². The predicted octanol–water partition coefficient (Wildman–Crippen LogP) is 0.466. The Bertz CT molecular complexity index is 595. The molecule has 1 aromatic rings. The second-order valence-electron chi connectivity index (χ2n) is 4.45. The molecule has 8 heteroatoms. The number of carbonyl (C=O) groups excluding carboxylic acids is 1. The summed E-state index contributed by atoms with van der Waals surface area (Å²) in [6, 6.07) is 6.11. The molecule has 116 valence electrons. The van der Waals surface area contributed by atoms with Crippen molar-refractivity contribution in [3.05, 3.63) is 29.8 Å².